The van der Waals surface area contributed by atoms with Crippen LogP contribution in [0.5, 0.6) is 0 Å². The number of fused-ring (bicyclic) bond motifs is 14. The lowest BCUT2D eigenvalue weighted by Gasteiger charge is -2.19. The average molecular weight is 451 g/mol. The standard InChI is InChI=1S/C29H42N2O2/c1-23-25-18-14-9-7-5-3-2-4-6-8-10-15-19-28(30-23)27(21-25)29(33)31-26(22-32)20-24-16-12-11-13-17-24/h11-13,16-17,21,26,32H,2-10,14-15,18-20,22H2,1H3,(H,31,33)/t26-/m0/s1. The number of rotatable bonds is 5. The summed E-state index contributed by atoms with van der Waals surface area (Å²) in [7, 11) is 0. The predicted octanol–water partition coefficient (Wildman–Crippen LogP) is 6.11. The Hall–Kier alpha value is -2.20. The van der Waals surface area contributed by atoms with Crippen molar-refractivity contribution in [3.8, 4) is 0 Å². The predicted molar refractivity (Wildman–Crippen MR) is 136 cm³/mol. The second kappa shape index (κ2) is 14.1. The van der Waals surface area contributed by atoms with E-state index < -0.39 is 0 Å². The molecule has 1 aromatic heterocycles. The van der Waals surface area contributed by atoms with E-state index in [1.807, 2.05) is 30.3 Å². The van der Waals surface area contributed by atoms with Crippen LogP contribution < -0.4 is 5.32 Å². The summed E-state index contributed by atoms with van der Waals surface area (Å²) < 4.78 is 0. The van der Waals surface area contributed by atoms with Gasteiger partial charge in [-0.3, -0.25) is 9.78 Å². The molecule has 0 saturated carbocycles. The SMILES string of the molecule is Cc1nc2c(C(=O)N[C@H](CO)Cc3ccccc3)cc1CCCCCCCCCCCCC2. The van der Waals surface area contributed by atoms with Crippen LogP contribution in [0, 0.1) is 6.92 Å². The van der Waals surface area contributed by atoms with Crippen molar-refractivity contribution >= 4 is 5.91 Å². The molecule has 0 unspecified atom stereocenters. The monoisotopic (exact) mass is 450 g/mol. The van der Waals surface area contributed by atoms with Gasteiger partial charge in [-0.25, -0.2) is 0 Å². The molecule has 2 heterocycles. The van der Waals surface area contributed by atoms with Crippen LogP contribution in [0.3, 0.4) is 0 Å². The average Bonchev–Trinajstić information content (AvgIpc) is 2.83. The van der Waals surface area contributed by atoms with E-state index in [0.29, 0.717) is 12.0 Å². The van der Waals surface area contributed by atoms with Crippen LogP contribution in [0.2, 0.25) is 0 Å². The number of aliphatic hydroxyl groups is 1. The lowest BCUT2D eigenvalue weighted by atomic mass is 9.98. The maximum Gasteiger partial charge on any atom is 0.253 e. The molecule has 4 heteroatoms. The molecule has 2 bridgehead atoms. The van der Waals surface area contributed by atoms with Crippen LogP contribution in [-0.4, -0.2) is 28.6 Å². The molecular weight excluding hydrogens is 408 g/mol. The van der Waals surface area contributed by atoms with E-state index in [9.17, 15) is 9.90 Å². The van der Waals surface area contributed by atoms with Gasteiger partial charge in [0, 0.05) is 5.69 Å². The molecule has 2 aromatic rings. The molecule has 1 atom stereocenters. The first kappa shape index (κ1) is 25.4. The van der Waals surface area contributed by atoms with Crippen molar-refractivity contribution in [3.63, 3.8) is 0 Å². The molecule has 0 radical (unpaired) electrons. The number of nitrogens with zero attached hydrogens (tertiary/aromatic N) is 1. The van der Waals surface area contributed by atoms with Crippen LogP contribution >= 0.6 is 0 Å². The Balaban J connectivity index is 1.75. The minimum absolute atomic E-state index is 0.0812. The molecule has 2 aliphatic rings. The lowest BCUT2D eigenvalue weighted by molar-refractivity contribution is 0.0915. The van der Waals surface area contributed by atoms with Crippen molar-refractivity contribution in [2.24, 2.45) is 0 Å². The van der Waals surface area contributed by atoms with Crippen molar-refractivity contribution in [1.82, 2.24) is 10.3 Å². The third kappa shape index (κ3) is 8.58. The van der Waals surface area contributed by atoms with Crippen LogP contribution in [0.1, 0.15) is 104 Å². The highest BCUT2D eigenvalue weighted by atomic mass is 16.3. The Labute approximate surface area is 200 Å². The fourth-order valence-corrected chi connectivity index (χ4v) is 4.86. The highest BCUT2D eigenvalue weighted by Crippen LogP contribution is 2.20. The smallest absolute Gasteiger partial charge is 0.253 e. The summed E-state index contributed by atoms with van der Waals surface area (Å²) >= 11 is 0. The minimum atomic E-state index is -0.306. The number of amides is 1. The first-order chi connectivity index (χ1) is 16.2. The molecule has 2 N–H and O–H groups in total. The van der Waals surface area contributed by atoms with E-state index >= 15 is 0 Å². The number of aryl methyl sites for hydroxylation is 3. The molecule has 1 aliphatic heterocycles. The van der Waals surface area contributed by atoms with Gasteiger partial charge in [-0.1, -0.05) is 88.1 Å². The van der Waals surface area contributed by atoms with Gasteiger partial charge >= 0.3 is 0 Å². The van der Waals surface area contributed by atoms with E-state index in [1.54, 1.807) is 0 Å². The lowest BCUT2D eigenvalue weighted by Crippen LogP contribution is -2.39. The van der Waals surface area contributed by atoms with E-state index in [4.69, 9.17) is 4.98 Å². The topological polar surface area (TPSA) is 62.2 Å². The van der Waals surface area contributed by atoms with Crippen molar-refractivity contribution in [3.05, 3.63) is 64.5 Å². The Morgan fingerprint density at radius 1 is 0.909 bits per heavy atom. The fraction of sp³-hybridized carbons (Fsp3) is 0.586. The number of aliphatic hydroxyl groups excluding tert-OH is 1. The highest BCUT2D eigenvalue weighted by molar-refractivity contribution is 5.95. The van der Waals surface area contributed by atoms with E-state index in [0.717, 1.165) is 42.6 Å². The Bertz CT molecular complexity index is 850. The van der Waals surface area contributed by atoms with Gasteiger partial charge in [-0.05, 0) is 56.2 Å². The fourth-order valence-electron chi connectivity index (χ4n) is 4.86. The number of hydrogen-bond donors (Lipinski definition) is 2. The molecule has 4 rings (SSSR count). The molecule has 4 nitrogen and oxygen atoms in total. The van der Waals surface area contributed by atoms with Gasteiger partial charge < -0.3 is 10.4 Å². The van der Waals surface area contributed by atoms with Crippen LogP contribution in [0.25, 0.3) is 0 Å². The number of hydrogen-bond acceptors (Lipinski definition) is 3. The number of aromatic nitrogens is 1. The first-order valence-electron chi connectivity index (χ1n) is 13.1. The number of pyridine rings is 1. The summed E-state index contributed by atoms with van der Waals surface area (Å²) in [6.45, 7) is 2.00. The third-order valence-electron chi connectivity index (χ3n) is 6.88. The van der Waals surface area contributed by atoms with E-state index in [1.165, 1.54) is 63.4 Å². The van der Waals surface area contributed by atoms with Gasteiger partial charge in [0.05, 0.1) is 23.9 Å². The molecule has 33 heavy (non-hydrogen) atoms. The Kier molecular flexibility index (Phi) is 10.9. The molecular formula is C29H42N2O2. The number of carbonyl (C=O) groups excluding carboxylic acids is 1. The normalized spacial score (nSPS) is 17.3. The van der Waals surface area contributed by atoms with E-state index in [-0.39, 0.29) is 18.6 Å². The zero-order valence-electron chi connectivity index (χ0n) is 20.5. The second-order valence-corrected chi connectivity index (χ2v) is 9.66. The molecule has 1 aliphatic carbocycles. The largest absolute Gasteiger partial charge is 0.394 e. The Morgan fingerprint density at radius 2 is 1.48 bits per heavy atom. The van der Waals surface area contributed by atoms with Crippen molar-refractivity contribution < 1.29 is 9.90 Å². The maximum atomic E-state index is 13.3. The van der Waals surface area contributed by atoms with Crippen LogP contribution in [0.15, 0.2) is 36.4 Å². The number of nitrogens with one attached hydrogen (secondary N) is 1. The second-order valence-electron chi connectivity index (χ2n) is 9.66. The van der Waals surface area contributed by atoms with Crippen molar-refractivity contribution in [2.75, 3.05) is 6.61 Å². The molecule has 1 aromatic carbocycles. The number of benzene rings is 1. The summed E-state index contributed by atoms with van der Waals surface area (Å²) in [5, 5.41) is 13.0. The first-order valence-corrected chi connectivity index (χ1v) is 13.1. The molecule has 0 spiro atoms. The highest BCUT2D eigenvalue weighted by Gasteiger charge is 2.19. The third-order valence-corrected chi connectivity index (χ3v) is 6.88. The summed E-state index contributed by atoms with van der Waals surface area (Å²) in [5.74, 6) is -0.105. The molecule has 180 valence electrons. The summed E-state index contributed by atoms with van der Waals surface area (Å²) in [4.78, 5) is 18.3. The summed E-state index contributed by atoms with van der Waals surface area (Å²) in [6, 6.07) is 11.8. The van der Waals surface area contributed by atoms with Gasteiger partial charge in [0.2, 0.25) is 0 Å². The number of carbonyl (C=O) groups is 1. The van der Waals surface area contributed by atoms with Crippen LogP contribution in [0.4, 0.5) is 0 Å². The Morgan fingerprint density at radius 3 is 2.09 bits per heavy atom. The minimum Gasteiger partial charge on any atom is -0.394 e. The molecule has 0 fully saturated rings. The quantitative estimate of drug-likeness (QED) is 0.577. The maximum absolute atomic E-state index is 13.3. The van der Waals surface area contributed by atoms with Crippen molar-refractivity contribution in [2.45, 2.75) is 103 Å². The zero-order chi connectivity index (χ0) is 23.3. The van der Waals surface area contributed by atoms with Crippen molar-refractivity contribution in [1.29, 1.82) is 0 Å². The molecule has 1 amide bonds. The molecule has 0 saturated heterocycles. The van der Waals surface area contributed by atoms with Crippen LogP contribution in [-0.2, 0) is 19.3 Å². The summed E-state index contributed by atoms with van der Waals surface area (Å²) in [5.41, 5.74) is 4.98. The van der Waals surface area contributed by atoms with Gasteiger partial charge in [0.25, 0.3) is 5.91 Å². The zero-order valence-corrected chi connectivity index (χ0v) is 20.5. The van der Waals surface area contributed by atoms with E-state index in [2.05, 4.69) is 18.3 Å². The van der Waals surface area contributed by atoms with Gasteiger partial charge in [0.15, 0.2) is 0 Å². The van der Waals surface area contributed by atoms with Gasteiger partial charge in [-0.15, -0.1) is 0 Å². The summed E-state index contributed by atoms with van der Waals surface area (Å²) in [6.07, 6.45) is 16.4. The van der Waals surface area contributed by atoms with Gasteiger partial charge in [0.1, 0.15) is 0 Å². The van der Waals surface area contributed by atoms with Gasteiger partial charge in [-0.2, -0.15) is 0 Å².